The van der Waals surface area contributed by atoms with Crippen LogP contribution in [-0.2, 0) is 20.9 Å². The molecule has 2 N–H and O–H groups in total. The van der Waals surface area contributed by atoms with Crippen molar-refractivity contribution in [2.75, 3.05) is 11.9 Å². The first-order chi connectivity index (χ1) is 14.9. The quantitative estimate of drug-likeness (QED) is 0.716. The molecule has 7 heteroatoms. The van der Waals surface area contributed by atoms with Gasteiger partial charge in [0.25, 0.3) is 0 Å². The normalized spacial score (nSPS) is 20.3. The Bertz CT molecular complexity index is 985. The summed E-state index contributed by atoms with van der Waals surface area (Å²) in [6, 6.07) is 14.1. The maximum absolute atomic E-state index is 13.1. The van der Waals surface area contributed by atoms with Crippen LogP contribution in [0.3, 0.4) is 0 Å². The maximum Gasteiger partial charge on any atom is 0.411 e. The minimum Gasteiger partial charge on any atom is -0.438 e. The van der Waals surface area contributed by atoms with Gasteiger partial charge < -0.3 is 15.4 Å². The standard InChI is InChI=1S/C24H27N3O4/c1-15-4-3-5-18(12-15)14-27-21(23(29)25-13-17-6-7-17)22(31-24(27)30)19-8-10-20(11-9-19)26-16(2)28/h3-5,8-12,17,21-22H,6-7,13-14H2,1-2H3,(H,25,29)(H,26,28). The van der Waals surface area contributed by atoms with E-state index in [1.54, 1.807) is 24.3 Å². The van der Waals surface area contributed by atoms with Gasteiger partial charge in [-0.05, 0) is 48.9 Å². The topological polar surface area (TPSA) is 87.7 Å². The van der Waals surface area contributed by atoms with E-state index in [2.05, 4.69) is 10.6 Å². The number of aryl methyl sites for hydroxylation is 1. The SMILES string of the molecule is CC(=O)Nc1ccc(C2OC(=O)N(Cc3cccc(C)c3)C2C(=O)NCC2CC2)cc1. The maximum atomic E-state index is 13.1. The van der Waals surface area contributed by atoms with Crippen LogP contribution in [0.5, 0.6) is 0 Å². The van der Waals surface area contributed by atoms with Gasteiger partial charge in [-0.3, -0.25) is 14.5 Å². The van der Waals surface area contributed by atoms with Crippen molar-refractivity contribution in [3.05, 3.63) is 65.2 Å². The van der Waals surface area contributed by atoms with Crippen LogP contribution in [-0.4, -0.2) is 35.4 Å². The van der Waals surface area contributed by atoms with Crippen molar-refractivity contribution in [3.8, 4) is 0 Å². The lowest BCUT2D eigenvalue weighted by Crippen LogP contribution is -2.46. The number of carbonyl (C=O) groups is 3. The van der Waals surface area contributed by atoms with Crippen LogP contribution in [0.2, 0.25) is 0 Å². The second kappa shape index (κ2) is 8.79. The number of hydrogen-bond acceptors (Lipinski definition) is 4. The zero-order chi connectivity index (χ0) is 22.0. The molecule has 2 unspecified atom stereocenters. The van der Waals surface area contributed by atoms with Gasteiger partial charge in [0.15, 0.2) is 12.1 Å². The van der Waals surface area contributed by atoms with Crippen molar-refractivity contribution in [1.82, 2.24) is 10.2 Å². The lowest BCUT2D eigenvalue weighted by atomic mass is 10.00. The lowest BCUT2D eigenvalue weighted by Gasteiger charge is -2.24. The molecule has 2 aromatic carbocycles. The molecule has 2 fully saturated rings. The Morgan fingerprint density at radius 1 is 1.13 bits per heavy atom. The first-order valence-corrected chi connectivity index (χ1v) is 10.6. The molecule has 0 bridgehead atoms. The largest absolute Gasteiger partial charge is 0.438 e. The molecule has 3 amide bonds. The fourth-order valence-corrected chi connectivity index (χ4v) is 3.85. The van der Waals surface area contributed by atoms with E-state index in [4.69, 9.17) is 4.74 Å². The number of carbonyl (C=O) groups excluding carboxylic acids is 3. The second-order valence-corrected chi connectivity index (χ2v) is 8.36. The number of rotatable bonds is 7. The van der Waals surface area contributed by atoms with Gasteiger partial charge in [0.2, 0.25) is 11.8 Å². The van der Waals surface area contributed by atoms with Gasteiger partial charge in [-0.25, -0.2) is 4.79 Å². The summed E-state index contributed by atoms with van der Waals surface area (Å²) in [5, 5.41) is 5.72. The fraction of sp³-hybridized carbons (Fsp3) is 0.375. The van der Waals surface area contributed by atoms with Gasteiger partial charge in [-0.1, -0.05) is 42.0 Å². The Morgan fingerprint density at radius 2 is 1.87 bits per heavy atom. The highest BCUT2D eigenvalue weighted by Crippen LogP contribution is 2.35. The highest BCUT2D eigenvalue weighted by molar-refractivity contribution is 5.90. The number of amides is 3. The second-order valence-electron chi connectivity index (χ2n) is 8.36. The molecule has 1 heterocycles. The first-order valence-electron chi connectivity index (χ1n) is 10.6. The van der Waals surface area contributed by atoms with Crippen molar-refractivity contribution >= 4 is 23.6 Å². The number of nitrogens with zero attached hydrogens (tertiary/aromatic N) is 1. The van der Waals surface area contributed by atoms with Crippen LogP contribution in [0, 0.1) is 12.8 Å². The van der Waals surface area contributed by atoms with Gasteiger partial charge >= 0.3 is 6.09 Å². The molecule has 7 nitrogen and oxygen atoms in total. The summed E-state index contributed by atoms with van der Waals surface area (Å²) in [5.41, 5.74) is 3.39. The monoisotopic (exact) mass is 421 g/mol. The summed E-state index contributed by atoms with van der Waals surface area (Å²) in [4.78, 5) is 38.7. The van der Waals surface area contributed by atoms with Gasteiger partial charge in [0.1, 0.15) is 0 Å². The Hall–Kier alpha value is -3.35. The van der Waals surface area contributed by atoms with E-state index in [0.29, 0.717) is 30.3 Å². The number of hydrogen-bond donors (Lipinski definition) is 2. The fourth-order valence-electron chi connectivity index (χ4n) is 3.85. The van der Waals surface area contributed by atoms with E-state index in [1.165, 1.54) is 11.8 Å². The molecule has 31 heavy (non-hydrogen) atoms. The molecular formula is C24H27N3O4. The molecule has 2 aliphatic rings. The first kappa shape index (κ1) is 20.9. The third-order valence-corrected chi connectivity index (χ3v) is 5.61. The third kappa shape index (κ3) is 5.05. The molecule has 1 aliphatic heterocycles. The van der Waals surface area contributed by atoms with Crippen LogP contribution in [0.1, 0.15) is 42.6 Å². The summed E-state index contributed by atoms with van der Waals surface area (Å²) in [5.74, 6) is 0.158. The Labute approximate surface area is 181 Å². The average Bonchev–Trinajstić information content (AvgIpc) is 3.50. The summed E-state index contributed by atoms with van der Waals surface area (Å²) in [6.07, 6.45) is 1.02. The number of cyclic esters (lactones) is 1. The Kier molecular flexibility index (Phi) is 5.93. The summed E-state index contributed by atoms with van der Waals surface area (Å²) < 4.78 is 5.68. The van der Waals surface area contributed by atoms with Crippen molar-refractivity contribution in [1.29, 1.82) is 0 Å². The van der Waals surface area contributed by atoms with Gasteiger partial charge in [-0.2, -0.15) is 0 Å². The Morgan fingerprint density at radius 3 is 2.52 bits per heavy atom. The van der Waals surface area contributed by atoms with E-state index in [0.717, 1.165) is 24.0 Å². The van der Waals surface area contributed by atoms with E-state index in [-0.39, 0.29) is 11.8 Å². The molecule has 1 saturated heterocycles. The molecule has 0 aromatic heterocycles. The molecule has 2 atom stereocenters. The molecule has 4 rings (SSSR count). The summed E-state index contributed by atoms with van der Waals surface area (Å²) >= 11 is 0. The van der Waals surface area contributed by atoms with Crippen LogP contribution in [0.4, 0.5) is 10.5 Å². The summed E-state index contributed by atoms with van der Waals surface area (Å²) in [6.45, 7) is 4.35. The van der Waals surface area contributed by atoms with Crippen molar-refractivity contribution < 1.29 is 19.1 Å². The third-order valence-electron chi connectivity index (χ3n) is 5.61. The van der Waals surface area contributed by atoms with E-state index in [9.17, 15) is 14.4 Å². The van der Waals surface area contributed by atoms with Gasteiger partial charge in [0.05, 0.1) is 6.54 Å². The average molecular weight is 421 g/mol. The minimum atomic E-state index is -0.765. The number of ether oxygens (including phenoxy) is 1. The molecule has 2 aromatic rings. The van der Waals surface area contributed by atoms with E-state index >= 15 is 0 Å². The number of benzene rings is 2. The Balaban J connectivity index is 1.58. The molecule has 162 valence electrons. The summed E-state index contributed by atoms with van der Waals surface area (Å²) in [7, 11) is 0. The smallest absolute Gasteiger partial charge is 0.411 e. The molecule has 0 radical (unpaired) electrons. The molecule has 0 spiro atoms. The van der Waals surface area contributed by atoms with Crippen LogP contribution in [0.25, 0.3) is 0 Å². The lowest BCUT2D eigenvalue weighted by molar-refractivity contribution is -0.126. The van der Waals surface area contributed by atoms with Crippen LogP contribution in [0.15, 0.2) is 48.5 Å². The van der Waals surface area contributed by atoms with E-state index in [1.807, 2.05) is 31.2 Å². The minimum absolute atomic E-state index is 0.165. The van der Waals surface area contributed by atoms with Crippen LogP contribution < -0.4 is 10.6 Å². The molecule has 1 saturated carbocycles. The van der Waals surface area contributed by atoms with Crippen molar-refractivity contribution in [2.24, 2.45) is 5.92 Å². The van der Waals surface area contributed by atoms with Gasteiger partial charge in [-0.15, -0.1) is 0 Å². The number of anilines is 1. The molecular weight excluding hydrogens is 394 g/mol. The van der Waals surface area contributed by atoms with E-state index < -0.39 is 18.2 Å². The highest BCUT2D eigenvalue weighted by atomic mass is 16.6. The van der Waals surface area contributed by atoms with Crippen molar-refractivity contribution in [2.45, 2.75) is 45.4 Å². The highest BCUT2D eigenvalue weighted by Gasteiger charge is 2.47. The zero-order valence-electron chi connectivity index (χ0n) is 17.8. The number of nitrogens with one attached hydrogen (secondary N) is 2. The van der Waals surface area contributed by atoms with Crippen LogP contribution >= 0.6 is 0 Å². The van der Waals surface area contributed by atoms with Crippen molar-refractivity contribution in [3.63, 3.8) is 0 Å². The van der Waals surface area contributed by atoms with Gasteiger partial charge in [0, 0.05) is 19.2 Å². The predicted octanol–water partition coefficient (Wildman–Crippen LogP) is 3.54. The predicted molar refractivity (Wildman–Crippen MR) is 116 cm³/mol. The molecule has 1 aliphatic carbocycles. The zero-order valence-corrected chi connectivity index (χ0v) is 17.8.